The molecule has 0 saturated carbocycles. The van der Waals surface area contributed by atoms with E-state index in [0.29, 0.717) is 5.56 Å². The summed E-state index contributed by atoms with van der Waals surface area (Å²) in [5.41, 5.74) is 0.595. The van der Waals surface area contributed by atoms with E-state index in [2.05, 4.69) is 0 Å². The topological polar surface area (TPSA) is 236 Å². The van der Waals surface area contributed by atoms with Crippen LogP contribution < -0.4 is 14.2 Å². The van der Waals surface area contributed by atoms with Crippen molar-refractivity contribution in [2.75, 3.05) is 20.8 Å². The van der Waals surface area contributed by atoms with Crippen LogP contribution in [0.4, 0.5) is 0 Å². The van der Waals surface area contributed by atoms with E-state index in [0.717, 1.165) is 12.1 Å². The summed E-state index contributed by atoms with van der Waals surface area (Å²) in [7, 11) is 2.62. The van der Waals surface area contributed by atoms with Crippen molar-refractivity contribution in [3.8, 4) is 57.3 Å². The summed E-state index contributed by atoms with van der Waals surface area (Å²) in [6.07, 6.45) is -6.14. The first-order chi connectivity index (χ1) is 22.4. The monoisotopic (exact) mass is 655 g/mol. The molecule has 15 heteroatoms. The highest BCUT2D eigenvalue weighted by Crippen LogP contribution is 2.45. The average Bonchev–Trinajstić information content (AvgIpc) is 3.05. The number of carbonyl (C=O) groups excluding carboxylic acids is 1. The van der Waals surface area contributed by atoms with Gasteiger partial charge < -0.3 is 64.5 Å². The van der Waals surface area contributed by atoms with Gasteiger partial charge in [-0.05, 0) is 23.8 Å². The molecule has 1 aliphatic heterocycles. The van der Waals surface area contributed by atoms with Gasteiger partial charge in [-0.1, -0.05) is 6.07 Å². The number of hydrogen-bond donors (Lipinski definition) is 8. The maximum atomic E-state index is 12.4. The molecule has 5 atom stereocenters. The summed E-state index contributed by atoms with van der Waals surface area (Å²) in [5, 5.41) is 82.0. The average molecular weight is 656 g/mol. The zero-order chi connectivity index (χ0) is 34.0. The molecule has 47 heavy (non-hydrogen) atoms. The zero-order valence-electron chi connectivity index (χ0n) is 24.8. The molecule has 15 nitrogen and oxygen atoms in total. The van der Waals surface area contributed by atoms with Gasteiger partial charge in [0.15, 0.2) is 23.0 Å². The van der Waals surface area contributed by atoms with Crippen molar-refractivity contribution >= 4 is 23.0 Å². The number of aromatic hydroxyl groups is 5. The molecule has 0 radical (unpaired) electrons. The predicted molar refractivity (Wildman–Crippen MR) is 161 cm³/mol. The van der Waals surface area contributed by atoms with E-state index in [1.54, 1.807) is 0 Å². The number of carbonyl (C=O) groups is 1. The van der Waals surface area contributed by atoms with Gasteiger partial charge in [-0.2, -0.15) is 0 Å². The molecule has 0 bridgehead atoms. The largest absolute Gasteiger partial charge is 0.507 e. The molecule has 3 aromatic carbocycles. The number of benzene rings is 3. The molecule has 0 unspecified atom stereocenters. The van der Waals surface area contributed by atoms with Gasteiger partial charge in [-0.25, -0.2) is 9.21 Å². The minimum absolute atomic E-state index is 0.00927. The summed E-state index contributed by atoms with van der Waals surface area (Å²) in [6, 6.07) is 10.2. The van der Waals surface area contributed by atoms with Crippen LogP contribution in [0, 0.1) is 0 Å². The zero-order valence-corrected chi connectivity index (χ0v) is 24.8. The fourth-order valence-corrected chi connectivity index (χ4v) is 4.79. The van der Waals surface area contributed by atoms with Crippen LogP contribution >= 0.6 is 0 Å². The number of methoxy groups -OCH3 is 2. The third-order valence-corrected chi connectivity index (χ3v) is 7.27. The first-order valence-electron chi connectivity index (χ1n) is 13.9. The second-order valence-corrected chi connectivity index (χ2v) is 10.4. The number of esters is 1. The number of phenolic OH excluding ortho intramolecular Hbond substituents is 5. The van der Waals surface area contributed by atoms with E-state index < -0.39 is 49.0 Å². The third kappa shape index (κ3) is 6.87. The van der Waals surface area contributed by atoms with Gasteiger partial charge in [0.05, 0.1) is 25.8 Å². The normalized spacial score (nSPS) is 21.1. The van der Waals surface area contributed by atoms with Crippen molar-refractivity contribution < 1.29 is 73.7 Å². The molecule has 2 heterocycles. The fourth-order valence-electron chi connectivity index (χ4n) is 4.79. The number of fused-ring (bicyclic) bond motifs is 1. The van der Waals surface area contributed by atoms with Crippen molar-refractivity contribution in [1.29, 1.82) is 0 Å². The molecule has 0 aliphatic carbocycles. The van der Waals surface area contributed by atoms with Gasteiger partial charge in [-0.3, -0.25) is 0 Å². The van der Waals surface area contributed by atoms with Gasteiger partial charge in [0, 0.05) is 30.3 Å². The molecule has 1 aromatic heterocycles. The molecule has 0 amide bonds. The number of ether oxygens (including phenoxy) is 5. The summed E-state index contributed by atoms with van der Waals surface area (Å²) >= 11 is 0. The standard InChI is InChI=1S/C32H30O15/c1-42-22-8-15(9-23(43-2)27(22)38)31-24(12-17-19(35)10-16(33)11-21(17)45-31)46-32-30(41)29(40)28(39)25(47-32)13-44-26(37)6-4-14-3-5-18(34)20(36)7-14/h3-12,25,28-30,32,39-41H,13H2,1-2H3,(H4-,33,34,35,36,37,38)/p+1/t25-,28+,29+,30-,32-/m1/s1. The Hall–Kier alpha value is -5.48. The smallest absolute Gasteiger partial charge is 0.402 e. The lowest BCUT2D eigenvalue weighted by Crippen LogP contribution is -2.60. The molecule has 248 valence electrons. The molecule has 1 fully saturated rings. The van der Waals surface area contributed by atoms with Gasteiger partial charge in [0.1, 0.15) is 47.9 Å². The van der Waals surface area contributed by atoms with Crippen molar-refractivity contribution in [2.45, 2.75) is 30.7 Å². The summed E-state index contributed by atoms with van der Waals surface area (Å²) in [4.78, 5) is 12.4. The molecule has 1 saturated heterocycles. The Morgan fingerprint density at radius 2 is 1.53 bits per heavy atom. The lowest BCUT2D eigenvalue weighted by molar-refractivity contribution is -0.278. The molecule has 8 N–H and O–H groups in total. The Balaban J connectivity index is 1.43. The predicted octanol–water partition coefficient (Wildman–Crippen LogP) is 2.37. The van der Waals surface area contributed by atoms with Gasteiger partial charge in [-0.15, -0.1) is 0 Å². The minimum atomic E-state index is -1.83. The van der Waals surface area contributed by atoms with Crippen molar-refractivity contribution in [2.24, 2.45) is 0 Å². The second kappa shape index (κ2) is 13.5. The molecule has 5 rings (SSSR count). The quantitative estimate of drug-likeness (QED) is 0.0559. The van der Waals surface area contributed by atoms with Crippen molar-refractivity contribution in [3.05, 3.63) is 60.2 Å². The number of hydrogen-bond acceptors (Lipinski definition) is 14. The lowest BCUT2D eigenvalue weighted by atomic mass is 9.99. The van der Waals surface area contributed by atoms with Crippen LogP contribution in [0.15, 0.2) is 59.0 Å². The third-order valence-electron chi connectivity index (χ3n) is 7.27. The molecular weight excluding hydrogens is 624 g/mol. The Bertz CT molecular complexity index is 1800. The maximum absolute atomic E-state index is 12.4. The van der Waals surface area contributed by atoms with E-state index in [9.17, 15) is 45.6 Å². The van der Waals surface area contributed by atoms with Crippen LogP contribution in [0.2, 0.25) is 0 Å². The van der Waals surface area contributed by atoms with Gasteiger partial charge in [0.25, 0.3) is 0 Å². The highest BCUT2D eigenvalue weighted by molar-refractivity contribution is 5.89. The summed E-state index contributed by atoms with van der Waals surface area (Å²) < 4.78 is 33.3. The number of aliphatic hydroxyl groups is 3. The highest BCUT2D eigenvalue weighted by atomic mass is 16.7. The lowest BCUT2D eigenvalue weighted by Gasteiger charge is -2.39. The Labute approximate surface area is 265 Å². The summed E-state index contributed by atoms with van der Waals surface area (Å²) in [5.74, 6) is -2.88. The van der Waals surface area contributed by atoms with Crippen LogP contribution in [0.5, 0.6) is 46.0 Å². The van der Waals surface area contributed by atoms with Gasteiger partial charge >= 0.3 is 17.3 Å². The Kier molecular flexibility index (Phi) is 9.44. The minimum Gasteiger partial charge on any atom is -0.507 e. The second-order valence-electron chi connectivity index (χ2n) is 10.4. The Morgan fingerprint density at radius 3 is 2.19 bits per heavy atom. The summed E-state index contributed by atoms with van der Waals surface area (Å²) in [6.45, 7) is -0.587. The van der Waals surface area contributed by atoms with Crippen molar-refractivity contribution in [3.63, 3.8) is 0 Å². The van der Waals surface area contributed by atoms with Crippen LogP contribution in [0.1, 0.15) is 5.56 Å². The van der Waals surface area contributed by atoms with Gasteiger partial charge in [0.2, 0.25) is 17.8 Å². The maximum Gasteiger partial charge on any atom is 0.402 e. The number of aliphatic hydroxyl groups excluding tert-OH is 3. The van der Waals surface area contributed by atoms with E-state index >= 15 is 0 Å². The van der Waals surface area contributed by atoms with E-state index in [1.165, 1.54) is 62.8 Å². The van der Waals surface area contributed by atoms with E-state index in [4.69, 9.17) is 28.1 Å². The first kappa shape index (κ1) is 32.9. The number of phenols is 5. The van der Waals surface area contributed by atoms with E-state index in [1.807, 2.05) is 0 Å². The fraction of sp³-hybridized carbons (Fsp3) is 0.250. The van der Waals surface area contributed by atoms with Crippen LogP contribution in [-0.2, 0) is 14.3 Å². The van der Waals surface area contributed by atoms with Crippen LogP contribution in [0.25, 0.3) is 28.4 Å². The Morgan fingerprint density at radius 1 is 0.830 bits per heavy atom. The first-order valence-corrected chi connectivity index (χ1v) is 13.9. The highest BCUT2D eigenvalue weighted by Gasteiger charge is 2.46. The molecule has 1 aliphatic rings. The van der Waals surface area contributed by atoms with Crippen LogP contribution in [0.3, 0.4) is 0 Å². The van der Waals surface area contributed by atoms with E-state index in [-0.39, 0.29) is 62.5 Å². The van der Waals surface area contributed by atoms with Crippen molar-refractivity contribution in [1.82, 2.24) is 0 Å². The number of rotatable bonds is 9. The molecular formula is C32H31O15+. The molecule has 4 aromatic rings. The van der Waals surface area contributed by atoms with Crippen LogP contribution in [-0.4, -0.2) is 98.4 Å². The molecule has 0 spiro atoms. The SMILES string of the molecule is COc1cc(-c2[o+]c3cc(O)cc(O)c3cc2O[C@@H]2O[C@H](COC(=O)/C=C/c3ccc(O)c(O)c3)[C@H](O)[C@H](O)[C@H]2O)cc(OC)c1O.